The summed E-state index contributed by atoms with van der Waals surface area (Å²) in [5.41, 5.74) is 1.15. The fourth-order valence-corrected chi connectivity index (χ4v) is 1.08. The second kappa shape index (κ2) is 5.94. The average molecular weight is 206 g/mol. The number of aromatic nitrogens is 2. The van der Waals surface area contributed by atoms with E-state index in [9.17, 15) is 0 Å². The first-order chi connectivity index (χ1) is 7.26. The zero-order valence-electron chi connectivity index (χ0n) is 8.95. The number of nitrogens with one attached hydrogen (secondary N) is 1. The SMILES string of the molecule is CCOCCNc1nc(C)cc(C#N)n1. The van der Waals surface area contributed by atoms with Crippen molar-refractivity contribution in [2.45, 2.75) is 13.8 Å². The van der Waals surface area contributed by atoms with Crippen LogP contribution in [0.1, 0.15) is 18.3 Å². The van der Waals surface area contributed by atoms with E-state index >= 15 is 0 Å². The molecule has 0 amide bonds. The Balaban J connectivity index is 2.54. The van der Waals surface area contributed by atoms with E-state index in [2.05, 4.69) is 15.3 Å². The predicted octanol–water partition coefficient (Wildman–Crippen LogP) is 1.11. The van der Waals surface area contributed by atoms with Crippen LogP contribution >= 0.6 is 0 Å². The van der Waals surface area contributed by atoms with Crippen LogP contribution in [0.25, 0.3) is 0 Å². The number of ether oxygens (including phenoxy) is 1. The van der Waals surface area contributed by atoms with Gasteiger partial charge in [-0.1, -0.05) is 0 Å². The number of aryl methyl sites for hydroxylation is 1. The van der Waals surface area contributed by atoms with Crippen LogP contribution in [-0.4, -0.2) is 29.7 Å². The molecule has 0 bridgehead atoms. The van der Waals surface area contributed by atoms with Gasteiger partial charge in [-0.15, -0.1) is 0 Å². The van der Waals surface area contributed by atoms with Crippen molar-refractivity contribution in [1.29, 1.82) is 5.26 Å². The van der Waals surface area contributed by atoms with Crippen LogP contribution in [0.3, 0.4) is 0 Å². The maximum Gasteiger partial charge on any atom is 0.224 e. The Morgan fingerprint density at radius 3 is 3.00 bits per heavy atom. The van der Waals surface area contributed by atoms with Gasteiger partial charge in [0, 0.05) is 18.8 Å². The number of nitriles is 1. The monoisotopic (exact) mass is 206 g/mol. The van der Waals surface area contributed by atoms with Crippen molar-refractivity contribution in [2.75, 3.05) is 25.1 Å². The molecule has 0 atom stereocenters. The summed E-state index contributed by atoms with van der Waals surface area (Å²) < 4.78 is 5.16. The van der Waals surface area contributed by atoms with E-state index in [4.69, 9.17) is 10.00 Å². The molecule has 1 aromatic heterocycles. The summed E-state index contributed by atoms with van der Waals surface area (Å²) in [4.78, 5) is 8.16. The zero-order chi connectivity index (χ0) is 11.1. The van der Waals surface area contributed by atoms with Crippen LogP contribution in [0.4, 0.5) is 5.95 Å². The first-order valence-electron chi connectivity index (χ1n) is 4.83. The first kappa shape index (κ1) is 11.4. The van der Waals surface area contributed by atoms with Crippen LogP contribution < -0.4 is 5.32 Å². The molecule has 0 aliphatic rings. The zero-order valence-corrected chi connectivity index (χ0v) is 8.95. The standard InChI is InChI=1S/C10H14N4O/c1-3-15-5-4-12-10-13-8(2)6-9(7-11)14-10/h6H,3-5H2,1-2H3,(H,12,13,14). The lowest BCUT2D eigenvalue weighted by Crippen LogP contribution is -2.12. The maximum absolute atomic E-state index is 8.70. The van der Waals surface area contributed by atoms with Gasteiger partial charge in [-0.2, -0.15) is 5.26 Å². The molecule has 0 aromatic carbocycles. The van der Waals surface area contributed by atoms with Crippen molar-refractivity contribution in [3.8, 4) is 6.07 Å². The molecule has 5 heteroatoms. The molecule has 1 rings (SSSR count). The molecule has 80 valence electrons. The molecule has 0 aliphatic carbocycles. The third-order valence-electron chi connectivity index (χ3n) is 1.70. The number of nitrogens with zero attached hydrogens (tertiary/aromatic N) is 3. The van der Waals surface area contributed by atoms with E-state index in [0.29, 0.717) is 31.4 Å². The van der Waals surface area contributed by atoms with Crippen LogP contribution in [-0.2, 0) is 4.74 Å². The first-order valence-corrected chi connectivity index (χ1v) is 4.83. The Hall–Kier alpha value is -1.67. The topological polar surface area (TPSA) is 70.8 Å². The van der Waals surface area contributed by atoms with Gasteiger partial charge >= 0.3 is 0 Å². The van der Waals surface area contributed by atoms with Crippen molar-refractivity contribution in [2.24, 2.45) is 0 Å². The summed E-state index contributed by atoms with van der Waals surface area (Å²) in [6, 6.07) is 3.63. The van der Waals surface area contributed by atoms with Gasteiger partial charge in [0.25, 0.3) is 0 Å². The normalized spacial score (nSPS) is 9.67. The molecule has 0 saturated heterocycles. The summed E-state index contributed by atoms with van der Waals surface area (Å²) >= 11 is 0. The van der Waals surface area contributed by atoms with E-state index < -0.39 is 0 Å². The quantitative estimate of drug-likeness (QED) is 0.730. The molecule has 0 saturated carbocycles. The average Bonchev–Trinajstić information content (AvgIpc) is 2.23. The fraction of sp³-hybridized carbons (Fsp3) is 0.500. The Morgan fingerprint density at radius 1 is 1.53 bits per heavy atom. The largest absolute Gasteiger partial charge is 0.380 e. The van der Waals surface area contributed by atoms with Crippen molar-refractivity contribution in [3.63, 3.8) is 0 Å². The summed E-state index contributed by atoms with van der Waals surface area (Å²) in [6.45, 7) is 5.71. The highest BCUT2D eigenvalue weighted by Crippen LogP contribution is 2.03. The van der Waals surface area contributed by atoms with E-state index in [-0.39, 0.29) is 0 Å². The number of hydrogen-bond donors (Lipinski definition) is 1. The molecule has 0 fully saturated rings. The van der Waals surface area contributed by atoms with Crippen molar-refractivity contribution in [3.05, 3.63) is 17.5 Å². The highest BCUT2D eigenvalue weighted by Gasteiger charge is 2.00. The summed E-state index contributed by atoms with van der Waals surface area (Å²) in [6.07, 6.45) is 0. The van der Waals surface area contributed by atoms with E-state index in [1.165, 1.54) is 0 Å². The van der Waals surface area contributed by atoms with E-state index in [1.54, 1.807) is 6.07 Å². The van der Waals surface area contributed by atoms with E-state index in [0.717, 1.165) is 5.69 Å². The number of anilines is 1. The summed E-state index contributed by atoms with van der Waals surface area (Å²) in [5, 5.41) is 11.7. The predicted molar refractivity (Wildman–Crippen MR) is 56.5 cm³/mol. The van der Waals surface area contributed by atoms with Crippen LogP contribution in [0, 0.1) is 18.3 Å². The van der Waals surface area contributed by atoms with Crippen LogP contribution in [0.2, 0.25) is 0 Å². The van der Waals surface area contributed by atoms with Crippen molar-refractivity contribution in [1.82, 2.24) is 9.97 Å². The van der Waals surface area contributed by atoms with Crippen LogP contribution in [0.5, 0.6) is 0 Å². The number of rotatable bonds is 5. The minimum Gasteiger partial charge on any atom is -0.380 e. The smallest absolute Gasteiger partial charge is 0.224 e. The lowest BCUT2D eigenvalue weighted by atomic mass is 10.3. The Morgan fingerprint density at radius 2 is 2.33 bits per heavy atom. The van der Waals surface area contributed by atoms with Crippen molar-refractivity contribution < 1.29 is 4.74 Å². The van der Waals surface area contributed by atoms with Gasteiger partial charge in [-0.05, 0) is 19.9 Å². The Kier molecular flexibility index (Phi) is 4.51. The van der Waals surface area contributed by atoms with Gasteiger partial charge in [-0.25, -0.2) is 9.97 Å². The fourth-order valence-electron chi connectivity index (χ4n) is 1.08. The molecule has 0 radical (unpaired) electrons. The summed E-state index contributed by atoms with van der Waals surface area (Å²) in [7, 11) is 0. The van der Waals surface area contributed by atoms with Gasteiger partial charge in [0.15, 0.2) is 0 Å². The molecule has 5 nitrogen and oxygen atoms in total. The summed E-state index contributed by atoms with van der Waals surface area (Å²) in [5.74, 6) is 0.478. The molecule has 1 N–H and O–H groups in total. The minimum absolute atomic E-state index is 0.376. The lowest BCUT2D eigenvalue weighted by molar-refractivity contribution is 0.158. The third-order valence-corrected chi connectivity index (χ3v) is 1.70. The third kappa shape index (κ3) is 3.92. The maximum atomic E-state index is 8.70. The van der Waals surface area contributed by atoms with Gasteiger partial charge < -0.3 is 10.1 Å². The minimum atomic E-state index is 0.376. The molecule has 0 unspecified atom stereocenters. The number of hydrogen-bond acceptors (Lipinski definition) is 5. The van der Waals surface area contributed by atoms with Gasteiger partial charge in [0.2, 0.25) is 5.95 Å². The highest BCUT2D eigenvalue weighted by molar-refractivity contribution is 5.32. The second-order valence-corrected chi connectivity index (χ2v) is 2.95. The molecule has 0 aliphatic heterocycles. The Bertz CT molecular complexity index is 359. The van der Waals surface area contributed by atoms with Crippen molar-refractivity contribution >= 4 is 5.95 Å². The molecule has 1 heterocycles. The van der Waals surface area contributed by atoms with Crippen LogP contribution in [0.15, 0.2) is 6.07 Å². The van der Waals surface area contributed by atoms with Gasteiger partial charge in [0.1, 0.15) is 11.8 Å². The second-order valence-electron chi connectivity index (χ2n) is 2.95. The highest BCUT2D eigenvalue weighted by atomic mass is 16.5. The molecule has 1 aromatic rings. The van der Waals surface area contributed by atoms with E-state index in [1.807, 2.05) is 19.9 Å². The Labute approximate surface area is 89.1 Å². The lowest BCUT2D eigenvalue weighted by Gasteiger charge is -2.05. The molecule has 15 heavy (non-hydrogen) atoms. The molecular formula is C10H14N4O. The van der Waals surface area contributed by atoms with Gasteiger partial charge in [-0.3, -0.25) is 0 Å². The molecule has 0 spiro atoms. The van der Waals surface area contributed by atoms with Gasteiger partial charge in [0.05, 0.1) is 6.61 Å². The molecular weight excluding hydrogens is 192 g/mol.